The van der Waals surface area contributed by atoms with Crippen LogP contribution in [0.1, 0.15) is 60.4 Å². The fraction of sp³-hybridized carbons (Fsp3) is 0.294. The van der Waals surface area contributed by atoms with Gasteiger partial charge in [0, 0.05) is 23.4 Å². The van der Waals surface area contributed by atoms with Crippen molar-refractivity contribution in [3.05, 3.63) is 116 Å². The Morgan fingerprint density at radius 3 is 2.50 bits per heavy atom. The van der Waals surface area contributed by atoms with Crippen molar-refractivity contribution in [1.82, 2.24) is 0 Å². The van der Waals surface area contributed by atoms with Crippen molar-refractivity contribution in [2.45, 2.75) is 60.0 Å². The summed E-state index contributed by atoms with van der Waals surface area (Å²) in [6.45, 7) is 10.7. The van der Waals surface area contributed by atoms with Gasteiger partial charge in [0.2, 0.25) is 0 Å². The number of ether oxygens (including phenoxy) is 1. The summed E-state index contributed by atoms with van der Waals surface area (Å²) >= 11 is 3.56. The molecule has 0 saturated carbocycles. The second-order valence-electron chi connectivity index (χ2n) is 11.7. The van der Waals surface area contributed by atoms with E-state index in [1.165, 1.54) is 0 Å². The zero-order valence-corrected chi connectivity index (χ0v) is 25.2. The molecule has 0 spiro atoms. The van der Waals surface area contributed by atoms with Crippen molar-refractivity contribution in [2.24, 2.45) is 11.1 Å². The van der Waals surface area contributed by atoms with E-state index in [-0.39, 0.29) is 11.2 Å². The zero-order chi connectivity index (χ0) is 28.8. The van der Waals surface area contributed by atoms with Gasteiger partial charge in [-0.05, 0) is 95.1 Å². The van der Waals surface area contributed by atoms with Crippen molar-refractivity contribution < 1.29 is 9.53 Å². The lowest BCUT2D eigenvalue weighted by Gasteiger charge is -2.44. The number of allylic oxidation sites excluding steroid dienone is 3. The van der Waals surface area contributed by atoms with Gasteiger partial charge in [0.05, 0.1) is 22.0 Å². The third-order valence-corrected chi connectivity index (χ3v) is 8.53. The molecule has 40 heavy (non-hydrogen) atoms. The molecule has 0 saturated heterocycles. The molecule has 1 unspecified atom stereocenters. The zero-order valence-electron chi connectivity index (χ0n) is 23.6. The summed E-state index contributed by atoms with van der Waals surface area (Å²) in [6, 6.07) is 22.4. The van der Waals surface area contributed by atoms with Crippen LogP contribution >= 0.6 is 15.9 Å². The van der Waals surface area contributed by atoms with Crippen molar-refractivity contribution in [1.29, 1.82) is 5.26 Å². The number of ketones is 1. The maximum atomic E-state index is 14.0. The van der Waals surface area contributed by atoms with E-state index in [1.54, 1.807) is 0 Å². The monoisotopic (exact) mass is 595 g/mol. The van der Waals surface area contributed by atoms with Gasteiger partial charge in [0.25, 0.3) is 0 Å². The highest BCUT2D eigenvalue weighted by molar-refractivity contribution is 9.10. The van der Waals surface area contributed by atoms with E-state index in [2.05, 4.69) is 48.0 Å². The lowest BCUT2D eigenvalue weighted by molar-refractivity contribution is -0.118. The van der Waals surface area contributed by atoms with Gasteiger partial charge in [-0.15, -0.1) is 0 Å². The highest BCUT2D eigenvalue weighted by atomic mass is 79.9. The van der Waals surface area contributed by atoms with E-state index in [0.29, 0.717) is 36.4 Å². The van der Waals surface area contributed by atoms with Gasteiger partial charge in [0.1, 0.15) is 18.2 Å². The largest absolute Gasteiger partial charge is 0.488 e. The summed E-state index contributed by atoms with van der Waals surface area (Å²) in [5.74, 6) is 0.676. The van der Waals surface area contributed by atoms with E-state index >= 15 is 0 Å². The molecule has 5 rings (SSSR count). The van der Waals surface area contributed by atoms with Gasteiger partial charge < -0.3 is 10.5 Å². The van der Waals surface area contributed by atoms with Crippen LogP contribution in [-0.4, -0.2) is 5.78 Å². The summed E-state index contributed by atoms with van der Waals surface area (Å²) in [5, 5.41) is 10.5. The number of nitriles is 1. The Hall–Kier alpha value is -3.82. The van der Waals surface area contributed by atoms with E-state index in [4.69, 9.17) is 10.5 Å². The van der Waals surface area contributed by atoms with Crippen LogP contribution in [0.2, 0.25) is 0 Å². The molecule has 1 atom stereocenters. The van der Waals surface area contributed by atoms with Gasteiger partial charge in [-0.1, -0.05) is 55.8 Å². The standard InChI is InChI=1S/C34H34BrN3O2/c1-20-9-8-10-24(14-20)38-28-16-34(4,5)17-29(39)32(28)31(26(18-36)33(38)37)25-15-21(2)13-23(22(25)3)19-40-30-12-7-6-11-27(30)35/h6-15,31H,16-17,19,37H2,1-5H3. The highest BCUT2D eigenvalue weighted by Gasteiger charge is 2.45. The number of para-hydroxylation sites is 1. The third-order valence-electron chi connectivity index (χ3n) is 7.87. The lowest BCUT2D eigenvalue weighted by Crippen LogP contribution is -2.42. The number of benzene rings is 3. The predicted molar refractivity (Wildman–Crippen MR) is 163 cm³/mol. The Balaban J connectivity index is 1.68. The number of anilines is 1. The van der Waals surface area contributed by atoms with Crippen molar-refractivity contribution >= 4 is 27.4 Å². The molecule has 0 amide bonds. The minimum Gasteiger partial charge on any atom is -0.488 e. The van der Waals surface area contributed by atoms with Crippen molar-refractivity contribution in [2.75, 3.05) is 4.90 Å². The molecule has 0 fully saturated rings. The van der Waals surface area contributed by atoms with Gasteiger partial charge in [-0.3, -0.25) is 9.69 Å². The van der Waals surface area contributed by atoms with Crippen LogP contribution in [0.25, 0.3) is 0 Å². The number of halogens is 1. The number of hydrogen-bond donors (Lipinski definition) is 1. The van der Waals surface area contributed by atoms with E-state index in [9.17, 15) is 10.1 Å². The molecule has 1 heterocycles. The van der Waals surface area contributed by atoms with Crippen LogP contribution in [-0.2, 0) is 11.4 Å². The Kier molecular flexibility index (Phi) is 7.37. The maximum Gasteiger partial charge on any atom is 0.162 e. The molecule has 3 aromatic carbocycles. The second-order valence-corrected chi connectivity index (χ2v) is 12.5. The normalized spacial score (nSPS) is 18.5. The number of nitrogens with two attached hydrogens (primary N) is 1. The molecule has 2 aliphatic rings. The number of Topliss-reactive ketones (excluding diaryl/α,β-unsaturated/α-hetero) is 1. The summed E-state index contributed by atoms with van der Waals surface area (Å²) < 4.78 is 7.07. The lowest BCUT2D eigenvalue weighted by atomic mass is 9.68. The number of carbonyl (C=O) groups excluding carboxylic acids is 1. The second kappa shape index (κ2) is 10.6. The molecule has 1 aliphatic heterocycles. The molecule has 6 heteroatoms. The first-order valence-corrected chi connectivity index (χ1v) is 14.3. The smallest absolute Gasteiger partial charge is 0.162 e. The molecule has 2 N–H and O–H groups in total. The molecule has 204 valence electrons. The molecular formula is C34H34BrN3O2. The van der Waals surface area contributed by atoms with Crippen molar-refractivity contribution in [3.63, 3.8) is 0 Å². The molecule has 0 radical (unpaired) electrons. The van der Waals surface area contributed by atoms with Gasteiger partial charge in [-0.2, -0.15) is 5.26 Å². The number of carbonyl (C=O) groups is 1. The summed E-state index contributed by atoms with van der Waals surface area (Å²) in [7, 11) is 0. The van der Waals surface area contributed by atoms with Gasteiger partial charge in [0.15, 0.2) is 5.78 Å². The van der Waals surface area contributed by atoms with E-state index < -0.39 is 5.92 Å². The topological polar surface area (TPSA) is 79.3 Å². The van der Waals surface area contributed by atoms with E-state index in [1.807, 2.05) is 74.2 Å². The Bertz CT molecular complexity index is 1630. The number of nitrogens with zero attached hydrogens (tertiary/aromatic N) is 2. The Labute approximate surface area is 245 Å². The molecular weight excluding hydrogens is 562 g/mol. The Morgan fingerprint density at radius 1 is 1.05 bits per heavy atom. The fourth-order valence-corrected chi connectivity index (χ4v) is 6.41. The van der Waals surface area contributed by atoms with Crippen molar-refractivity contribution in [3.8, 4) is 11.8 Å². The SMILES string of the molecule is Cc1cccc(N2C(N)=C(C#N)C(c3cc(C)cc(COc4ccccc4Br)c3C)C3=C2CC(C)(C)CC3=O)c1. The first kappa shape index (κ1) is 27.7. The fourth-order valence-electron chi connectivity index (χ4n) is 6.01. The quantitative estimate of drug-likeness (QED) is 0.324. The molecule has 0 bridgehead atoms. The maximum absolute atomic E-state index is 14.0. The van der Waals surface area contributed by atoms with Crippen LogP contribution in [0, 0.1) is 37.5 Å². The minimum atomic E-state index is -0.535. The Morgan fingerprint density at radius 2 is 1.80 bits per heavy atom. The van der Waals surface area contributed by atoms with Gasteiger partial charge >= 0.3 is 0 Å². The average molecular weight is 597 g/mol. The predicted octanol–water partition coefficient (Wildman–Crippen LogP) is 7.89. The van der Waals surface area contributed by atoms with Gasteiger partial charge in [-0.25, -0.2) is 0 Å². The minimum absolute atomic E-state index is 0.0704. The van der Waals surface area contributed by atoms with Crippen LogP contribution in [0.15, 0.2) is 87.8 Å². The van der Waals surface area contributed by atoms with Crippen LogP contribution in [0.5, 0.6) is 5.75 Å². The molecule has 0 aromatic heterocycles. The third kappa shape index (κ3) is 5.07. The number of aryl methyl sites for hydroxylation is 2. The number of hydrogen-bond acceptors (Lipinski definition) is 5. The summed E-state index contributed by atoms with van der Waals surface area (Å²) in [6.07, 6.45) is 1.10. The van der Waals surface area contributed by atoms with E-state index in [0.717, 1.165) is 49.4 Å². The first-order chi connectivity index (χ1) is 19.0. The number of rotatable bonds is 5. The summed E-state index contributed by atoms with van der Waals surface area (Å²) in [5.41, 5.74) is 14.5. The molecule has 1 aliphatic carbocycles. The van der Waals surface area contributed by atoms with Crippen LogP contribution < -0.4 is 15.4 Å². The highest BCUT2D eigenvalue weighted by Crippen LogP contribution is 2.51. The molecule has 5 nitrogen and oxygen atoms in total. The first-order valence-electron chi connectivity index (χ1n) is 13.5. The average Bonchev–Trinajstić information content (AvgIpc) is 2.88. The van der Waals surface area contributed by atoms with Crippen LogP contribution in [0.4, 0.5) is 5.69 Å². The van der Waals surface area contributed by atoms with Crippen LogP contribution in [0.3, 0.4) is 0 Å². The molecule has 3 aromatic rings. The summed E-state index contributed by atoms with van der Waals surface area (Å²) in [4.78, 5) is 15.9.